The zero-order chi connectivity index (χ0) is 15.4. The zero-order valence-electron chi connectivity index (χ0n) is 12.8. The van der Waals surface area contributed by atoms with Crippen LogP contribution in [-0.2, 0) is 0 Å². The van der Waals surface area contributed by atoms with Crippen molar-refractivity contribution in [1.29, 1.82) is 0 Å². The molecule has 112 valence electrons. The number of nitrogens with two attached hydrogens (primary N) is 1. The maximum Gasteiger partial charge on any atom is 0.124 e. The molecule has 0 radical (unpaired) electrons. The fourth-order valence-corrected chi connectivity index (χ4v) is 2.26. The molecule has 2 N–H and O–H groups in total. The van der Waals surface area contributed by atoms with Gasteiger partial charge in [-0.1, -0.05) is 12.1 Å². The van der Waals surface area contributed by atoms with Crippen LogP contribution in [0.5, 0.6) is 17.2 Å². The molecule has 4 heteroatoms. The van der Waals surface area contributed by atoms with Crippen molar-refractivity contribution in [3.05, 3.63) is 53.1 Å². The van der Waals surface area contributed by atoms with Crippen LogP contribution in [0.1, 0.15) is 22.7 Å². The van der Waals surface area contributed by atoms with E-state index < -0.39 is 0 Å². The van der Waals surface area contributed by atoms with Crippen LogP contribution < -0.4 is 19.9 Å². The maximum atomic E-state index is 6.40. The van der Waals surface area contributed by atoms with E-state index in [1.54, 1.807) is 21.3 Å². The number of aryl methyl sites for hydroxylation is 1. The lowest BCUT2D eigenvalue weighted by Gasteiger charge is -2.18. The molecular weight excluding hydrogens is 266 g/mol. The predicted octanol–water partition coefficient (Wildman–Crippen LogP) is 3.07. The van der Waals surface area contributed by atoms with Crippen molar-refractivity contribution in [1.82, 2.24) is 0 Å². The summed E-state index contributed by atoms with van der Waals surface area (Å²) in [7, 11) is 4.89. The number of benzene rings is 2. The first-order valence-corrected chi connectivity index (χ1v) is 6.72. The summed E-state index contributed by atoms with van der Waals surface area (Å²) in [5, 5.41) is 0. The van der Waals surface area contributed by atoms with Crippen LogP contribution in [0.25, 0.3) is 0 Å². The van der Waals surface area contributed by atoms with Gasteiger partial charge in [-0.2, -0.15) is 0 Å². The molecular formula is C17H21NO3. The molecule has 0 amide bonds. The molecule has 0 saturated carbocycles. The Hall–Kier alpha value is -2.20. The number of ether oxygens (including phenoxy) is 3. The SMILES string of the molecule is COc1cc(OC)cc(C(N)c2ccc(C)cc2OC)c1. The van der Waals surface area contributed by atoms with Gasteiger partial charge in [0, 0.05) is 11.6 Å². The normalized spacial score (nSPS) is 11.9. The largest absolute Gasteiger partial charge is 0.497 e. The van der Waals surface area contributed by atoms with Gasteiger partial charge in [-0.3, -0.25) is 0 Å². The van der Waals surface area contributed by atoms with E-state index in [9.17, 15) is 0 Å². The first kappa shape index (κ1) is 15.2. The quantitative estimate of drug-likeness (QED) is 0.918. The molecule has 4 nitrogen and oxygen atoms in total. The summed E-state index contributed by atoms with van der Waals surface area (Å²) in [4.78, 5) is 0. The summed E-state index contributed by atoms with van der Waals surface area (Å²) < 4.78 is 16.0. The summed E-state index contributed by atoms with van der Waals surface area (Å²) in [5.41, 5.74) is 9.37. The lowest BCUT2D eigenvalue weighted by Crippen LogP contribution is -2.13. The number of methoxy groups -OCH3 is 3. The van der Waals surface area contributed by atoms with Crippen LogP contribution in [0.3, 0.4) is 0 Å². The van der Waals surface area contributed by atoms with Crippen LogP contribution in [0.2, 0.25) is 0 Å². The van der Waals surface area contributed by atoms with Crippen LogP contribution in [-0.4, -0.2) is 21.3 Å². The van der Waals surface area contributed by atoms with Crippen LogP contribution in [0.15, 0.2) is 36.4 Å². The van der Waals surface area contributed by atoms with Gasteiger partial charge in [0.05, 0.1) is 27.4 Å². The molecule has 0 aliphatic carbocycles. The molecule has 0 fully saturated rings. The van der Waals surface area contributed by atoms with Crippen molar-refractivity contribution in [2.75, 3.05) is 21.3 Å². The van der Waals surface area contributed by atoms with Crippen LogP contribution in [0, 0.1) is 6.92 Å². The van der Waals surface area contributed by atoms with Crippen molar-refractivity contribution >= 4 is 0 Å². The standard InChI is InChI=1S/C17H21NO3/c1-11-5-6-15(16(7-11)21-4)17(18)12-8-13(19-2)10-14(9-12)20-3/h5-10,17H,18H2,1-4H3. The van der Waals surface area contributed by atoms with E-state index >= 15 is 0 Å². The van der Waals surface area contributed by atoms with Gasteiger partial charge < -0.3 is 19.9 Å². The Morgan fingerprint density at radius 1 is 0.857 bits per heavy atom. The van der Waals surface area contributed by atoms with E-state index in [0.29, 0.717) is 11.5 Å². The fourth-order valence-electron chi connectivity index (χ4n) is 2.26. The predicted molar refractivity (Wildman–Crippen MR) is 83.3 cm³/mol. The van der Waals surface area contributed by atoms with Crippen molar-refractivity contribution in [2.24, 2.45) is 5.73 Å². The Kier molecular flexibility index (Phi) is 4.70. The summed E-state index contributed by atoms with van der Waals surface area (Å²) >= 11 is 0. The molecule has 0 aliphatic heterocycles. The Balaban J connectivity index is 2.46. The Morgan fingerprint density at radius 3 is 2.00 bits per heavy atom. The van der Waals surface area contributed by atoms with Gasteiger partial charge in [0.1, 0.15) is 17.2 Å². The van der Waals surface area contributed by atoms with E-state index in [-0.39, 0.29) is 6.04 Å². The van der Waals surface area contributed by atoms with E-state index in [0.717, 1.165) is 22.4 Å². The average Bonchev–Trinajstić information content (AvgIpc) is 2.53. The van der Waals surface area contributed by atoms with Crippen molar-refractivity contribution in [3.8, 4) is 17.2 Å². The number of hydrogen-bond acceptors (Lipinski definition) is 4. The summed E-state index contributed by atoms with van der Waals surface area (Å²) in [6, 6.07) is 11.3. The summed E-state index contributed by atoms with van der Waals surface area (Å²) in [6.07, 6.45) is 0. The maximum absolute atomic E-state index is 6.40. The fraction of sp³-hybridized carbons (Fsp3) is 0.294. The summed E-state index contributed by atoms with van der Waals surface area (Å²) in [5.74, 6) is 2.21. The highest BCUT2D eigenvalue weighted by Gasteiger charge is 2.16. The Bertz CT molecular complexity index is 603. The second kappa shape index (κ2) is 6.50. The molecule has 2 aromatic rings. The minimum absolute atomic E-state index is 0.315. The molecule has 21 heavy (non-hydrogen) atoms. The second-order valence-corrected chi connectivity index (χ2v) is 4.87. The highest BCUT2D eigenvalue weighted by atomic mass is 16.5. The first-order valence-electron chi connectivity index (χ1n) is 6.72. The van der Waals surface area contributed by atoms with Gasteiger partial charge in [-0.05, 0) is 36.2 Å². The molecule has 2 aromatic carbocycles. The third-order valence-electron chi connectivity index (χ3n) is 3.46. The highest BCUT2D eigenvalue weighted by molar-refractivity contribution is 5.47. The topological polar surface area (TPSA) is 53.7 Å². The van der Waals surface area contributed by atoms with Gasteiger partial charge in [0.25, 0.3) is 0 Å². The van der Waals surface area contributed by atoms with Crippen molar-refractivity contribution in [3.63, 3.8) is 0 Å². The molecule has 0 heterocycles. The van der Waals surface area contributed by atoms with Gasteiger partial charge in [0.15, 0.2) is 0 Å². The monoisotopic (exact) mass is 287 g/mol. The van der Waals surface area contributed by atoms with E-state index in [1.165, 1.54) is 0 Å². The highest BCUT2D eigenvalue weighted by Crippen LogP contribution is 2.33. The lowest BCUT2D eigenvalue weighted by molar-refractivity contribution is 0.392. The third kappa shape index (κ3) is 3.28. The smallest absolute Gasteiger partial charge is 0.124 e. The zero-order valence-corrected chi connectivity index (χ0v) is 12.8. The number of rotatable bonds is 5. The van der Waals surface area contributed by atoms with Crippen LogP contribution in [0.4, 0.5) is 0 Å². The van der Waals surface area contributed by atoms with Gasteiger partial charge >= 0.3 is 0 Å². The van der Waals surface area contributed by atoms with Crippen molar-refractivity contribution < 1.29 is 14.2 Å². The molecule has 0 aromatic heterocycles. The molecule has 1 unspecified atom stereocenters. The van der Waals surface area contributed by atoms with Gasteiger partial charge in [-0.25, -0.2) is 0 Å². The molecule has 0 bridgehead atoms. The lowest BCUT2D eigenvalue weighted by atomic mass is 9.97. The van der Waals surface area contributed by atoms with E-state index in [1.807, 2.05) is 43.3 Å². The molecule has 0 spiro atoms. The molecule has 1 atom stereocenters. The Labute approximate surface area is 125 Å². The first-order chi connectivity index (χ1) is 10.1. The average molecular weight is 287 g/mol. The molecule has 2 rings (SSSR count). The Morgan fingerprint density at radius 2 is 1.48 bits per heavy atom. The van der Waals surface area contributed by atoms with Crippen molar-refractivity contribution in [2.45, 2.75) is 13.0 Å². The van der Waals surface area contributed by atoms with Gasteiger partial charge in [0.2, 0.25) is 0 Å². The number of hydrogen-bond donors (Lipinski definition) is 1. The van der Waals surface area contributed by atoms with Crippen LogP contribution >= 0.6 is 0 Å². The van der Waals surface area contributed by atoms with E-state index in [4.69, 9.17) is 19.9 Å². The molecule has 0 aliphatic rings. The minimum atomic E-state index is -0.315. The molecule has 0 saturated heterocycles. The second-order valence-electron chi connectivity index (χ2n) is 4.87. The van der Waals surface area contributed by atoms with E-state index in [2.05, 4.69) is 0 Å². The summed E-state index contributed by atoms with van der Waals surface area (Å²) in [6.45, 7) is 2.02. The van der Waals surface area contributed by atoms with Gasteiger partial charge in [-0.15, -0.1) is 0 Å². The minimum Gasteiger partial charge on any atom is -0.497 e. The third-order valence-corrected chi connectivity index (χ3v) is 3.46.